The summed E-state index contributed by atoms with van der Waals surface area (Å²) in [5.41, 5.74) is 0.954. The summed E-state index contributed by atoms with van der Waals surface area (Å²) < 4.78 is 33.2. The highest BCUT2D eigenvalue weighted by Gasteiger charge is 2.54. The van der Waals surface area contributed by atoms with E-state index in [2.05, 4.69) is 10.3 Å². The average Bonchev–Trinajstić information content (AvgIpc) is 3.58. The lowest BCUT2D eigenvalue weighted by Crippen LogP contribution is -2.53. The number of hydrogen-bond donors (Lipinski definition) is 1. The molecule has 2 aliphatic heterocycles. The number of para-hydroxylation sites is 1. The normalized spacial score (nSPS) is 20.7. The maximum atomic E-state index is 13.7. The Balaban J connectivity index is 1.33. The van der Waals surface area contributed by atoms with Gasteiger partial charge in [0.2, 0.25) is 15.9 Å². The van der Waals surface area contributed by atoms with E-state index in [0.29, 0.717) is 24.1 Å². The Morgan fingerprint density at radius 3 is 2.63 bits per heavy atom. The molecule has 4 heterocycles. The molecule has 1 aromatic carbocycles. The summed E-state index contributed by atoms with van der Waals surface area (Å²) in [5.74, 6) is -1.39. The summed E-state index contributed by atoms with van der Waals surface area (Å²) in [6.45, 7) is 3.82. The lowest BCUT2D eigenvalue weighted by Gasteiger charge is -2.29. The fourth-order valence-electron chi connectivity index (χ4n) is 5.35. The van der Waals surface area contributed by atoms with Crippen LogP contribution >= 0.6 is 0 Å². The topological polar surface area (TPSA) is 130 Å². The SMILES string of the molecule is CC(C)CC(NC(=O)c1cc2ccccc2o1)C(=O)N1CCC2C1C(=O)CN2S(=O)(=O)Cc1ccccn1. The summed E-state index contributed by atoms with van der Waals surface area (Å²) in [7, 11) is -3.83. The molecular formula is C27H30N4O6S. The smallest absolute Gasteiger partial charge is 0.287 e. The monoisotopic (exact) mass is 538 g/mol. The minimum Gasteiger partial charge on any atom is -0.451 e. The van der Waals surface area contributed by atoms with Crippen LogP contribution in [0.15, 0.2) is 59.1 Å². The zero-order valence-electron chi connectivity index (χ0n) is 21.2. The molecule has 2 aromatic heterocycles. The highest BCUT2D eigenvalue weighted by atomic mass is 32.2. The number of pyridine rings is 1. The fraction of sp³-hybridized carbons (Fsp3) is 0.407. The Morgan fingerprint density at radius 1 is 1.16 bits per heavy atom. The third kappa shape index (κ3) is 5.08. The van der Waals surface area contributed by atoms with Crippen LogP contribution in [-0.4, -0.2) is 71.4 Å². The van der Waals surface area contributed by atoms with Crippen molar-refractivity contribution >= 4 is 38.6 Å². The number of rotatable bonds is 8. The van der Waals surface area contributed by atoms with Crippen molar-refractivity contribution in [3.63, 3.8) is 0 Å². The Hall–Kier alpha value is -3.57. The van der Waals surface area contributed by atoms with E-state index in [4.69, 9.17) is 4.42 Å². The second-order valence-electron chi connectivity index (χ2n) is 10.2. The molecular weight excluding hydrogens is 508 g/mol. The van der Waals surface area contributed by atoms with Gasteiger partial charge in [-0.05, 0) is 43.0 Å². The first-order valence-corrected chi connectivity index (χ1v) is 14.3. The molecule has 11 heteroatoms. The van der Waals surface area contributed by atoms with E-state index in [-0.39, 0.29) is 36.3 Å². The third-order valence-electron chi connectivity index (χ3n) is 7.03. The van der Waals surface area contributed by atoms with Crippen LogP contribution in [-0.2, 0) is 25.4 Å². The van der Waals surface area contributed by atoms with Gasteiger partial charge in [-0.25, -0.2) is 8.42 Å². The lowest BCUT2D eigenvalue weighted by atomic mass is 10.0. The molecule has 0 saturated carbocycles. The van der Waals surface area contributed by atoms with Crippen molar-refractivity contribution in [2.75, 3.05) is 13.1 Å². The average molecular weight is 539 g/mol. The van der Waals surface area contributed by atoms with E-state index in [1.807, 2.05) is 26.0 Å². The minimum absolute atomic E-state index is 0.0767. The molecule has 0 radical (unpaired) electrons. The largest absolute Gasteiger partial charge is 0.451 e. The van der Waals surface area contributed by atoms with Gasteiger partial charge >= 0.3 is 0 Å². The van der Waals surface area contributed by atoms with Gasteiger partial charge in [-0.2, -0.15) is 4.31 Å². The van der Waals surface area contributed by atoms with Gasteiger partial charge in [0.05, 0.1) is 18.3 Å². The van der Waals surface area contributed by atoms with Gasteiger partial charge in [0.25, 0.3) is 5.91 Å². The predicted molar refractivity (Wildman–Crippen MR) is 139 cm³/mol. The van der Waals surface area contributed by atoms with Crippen molar-refractivity contribution in [2.24, 2.45) is 5.92 Å². The van der Waals surface area contributed by atoms with Crippen LogP contribution in [0.2, 0.25) is 0 Å². The van der Waals surface area contributed by atoms with Crippen LogP contribution < -0.4 is 5.32 Å². The Labute approximate surface area is 221 Å². The highest BCUT2D eigenvalue weighted by molar-refractivity contribution is 7.88. The van der Waals surface area contributed by atoms with E-state index < -0.39 is 40.0 Å². The van der Waals surface area contributed by atoms with Gasteiger partial charge in [-0.3, -0.25) is 19.4 Å². The predicted octanol–water partition coefficient (Wildman–Crippen LogP) is 2.36. The highest BCUT2D eigenvalue weighted by Crippen LogP contribution is 2.33. The number of hydrogen-bond acceptors (Lipinski definition) is 7. The van der Waals surface area contributed by atoms with Crippen LogP contribution in [0, 0.1) is 5.92 Å². The number of benzene rings is 1. The fourth-order valence-corrected chi connectivity index (χ4v) is 7.02. The number of ketones is 1. The number of nitrogens with zero attached hydrogens (tertiary/aromatic N) is 3. The number of fused-ring (bicyclic) bond motifs is 2. The number of nitrogens with one attached hydrogen (secondary N) is 1. The van der Waals surface area contributed by atoms with Crippen LogP contribution in [0.25, 0.3) is 11.0 Å². The number of furan rings is 1. The molecule has 0 bridgehead atoms. The van der Waals surface area contributed by atoms with Gasteiger partial charge in [-0.15, -0.1) is 0 Å². The zero-order valence-corrected chi connectivity index (χ0v) is 22.1. The van der Waals surface area contributed by atoms with Crippen molar-refractivity contribution in [3.05, 3.63) is 66.2 Å². The van der Waals surface area contributed by atoms with Crippen LogP contribution in [0.3, 0.4) is 0 Å². The summed E-state index contributed by atoms with van der Waals surface area (Å²) >= 11 is 0. The van der Waals surface area contributed by atoms with Crippen LogP contribution in [0.1, 0.15) is 42.9 Å². The summed E-state index contributed by atoms with van der Waals surface area (Å²) in [5, 5.41) is 3.57. The van der Waals surface area contributed by atoms with Crippen LogP contribution in [0.5, 0.6) is 0 Å². The van der Waals surface area contributed by atoms with Gasteiger partial charge in [0.15, 0.2) is 11.5 Å². The van der Waals surface area contributed by atoms with Crippen molar-refractivity contribution in [1.29, 1.82) is 0 Å². The molecule has 3 aromatic rings. The number of sulfonamides is 1. The van der Waals surface area contributed by atoms with E-state index >= 15 is 0 Å². The molecule has 10 nitrogen and oxygen atoms in total. The summed E-state index contributed by atoms with van der Waals surface area (Å²) in [4.78, 5) is 45.3. The van der Waals surface area contributed by atoms with Gasteiger partial charge in [-0.1, -0.05) is 38.1 Å². The van der Waals surface area contributed by atoms with Crippen molar-refractivity contribution in [2.45, 2.75) is 50.6 Å². The van der Waals surface area contributed by atoms with Gasteiger partial charge in [0, 0.05) is 18.1 Å². The number of carbonyl (C=O) groups is 3. The molecule has 0 aliphatic carbocycles. The van der Waals surface area contributed by atoms with E-state index in [1.165, 1.54) is 15.4 Å². The van der Waals surface area contributed by atoms with E-state index in [1.54, 1.807) is 36.4 Å². The van der Waals surface area contributed by atoms with Crippen LogP contribution in [0.4, 0.5) is 0 Å². The minimum atomic E-state index is -3.83. The second-order valence-corrected chi connectivity index (χ2v) is 12.1. The zero-order chi connectivity index (χ0) is 27.0. The molecule has 0 spiro atoms. The molecule has 2 aliphatic rings. The molecule has 200 valence electrons. The van der Waals surface area contributed by atoms with Crippen molar-refractivity contribution in [3.8, 4) is 0 Å². The van der Waals surface area contributed by atoms with Gasteiger partial charge < -0.3 is 14.6 Å². The summed E-state index contributed by atoms with van der Waals surface area (Å²) in [6, 6.07) is 11.5. The molecule has 5 rings (SSSR count). The van der Waals surface area contributed by atoms with E-state index in [9.17, 15) is 22.8 Å². The molecule has 3 atom stereocenters. The number of aromatic nitrogens is 1. The molecule has 2 saturated heterocycles. The molecule has 2 amide bonds. The maximum absolute atomic E-state index is 13.7. The first-order valence-electron chi connectivity index (χ1n) is 12.7. The number of Topliss-reactive ketones (excluding diaryl/α,β-unsaturated/α-hetero) is 1. The molecule has 2 fully saturated rings. The first-order chi connectivity index (χ1) is 18.1. The maximum Gasteiger partial charge on any atom is 0.287 e. The Bertz CT molecular complexity index is 1440. The lowest BCUT2D eigenvalue weighted by molar-refractivity contribution is -0.138. The molecule has 3 unspecified atom stereocenters. The summed E-state index contributed by atoms with van der Waals surface area (Å²) in [6.07, 6.45) is 2.22. The number of likely N-dealkylation sites (tertiary alicyclic amines) is 1. The standard InChI is InChI=1S/C27H30N4O6S/c1-17(2)13-20(29-26(33)24-14-18-7-3-4-9-23(18)37-24)27(34)30-12-10-21-25(30)22(32)15-31(21)38(35,36)16-19-8-5-6-11-28-19/h3-9,11,14,17,20-21,25H,10,12-13,15-16H2,1-2H3,(H,29,33). The molecule has 38 heavy (non-hydrogen) atoms. The third-order valence-corrected chi connectivity index (χ3v) is 8.81. The first kappa shape index (κ1) is 26.1. The Morgan fingerprint density at radius 2 is 1.92 bits per heavy atom. The quantitative estimate of drug-likeness (QED) is 0.466. The Kier molecular flexibility index (Phi) is 7.06. The number of carbonyl (C=O) groups excluding carboxylic acids is 3. The van der Waals surface area contributed by atoms with Crippen molar-refractivity contribution < 1.29 is 27.2 Å². The molecule has 1 N–H and O–H groups in total. The number of amides is 2. The van der Waals surface area contributed by atoms with Gasteiger partial charge in [0.1, 0.15) is 23.4 Å². The van der Waals surface area contributed by atoms with Crippen molar-refractivity contribution in [1.82, 2.24) is 19.5 Å². The van der Waals surface area contributed by atoms with E-state index in [0.717, 1.165) is 5.39 Å². The second kappa shape index (κ2) is 10.3.